The molecule has 0 amide bonds. The molecule has 1 fully saturated rings. The smallest absolute Gasteiger partial charge is 0.0369 e. The largest absolute Gasteiger partial charge is 0.370 e. The van der Waals surface area contributed by atoms with Crippen molar-refractivity contribution in [2.24, 2.45) is 0 Å². The molecule has 0 radical (unpaired) electrons. The van der Waals surface area contributed by atoms with E-state index in [9.17, 15) is 0 Å². The van der Waals surface area contributed by atoms with E-state index in [2.05, 4.69) is 49.2 Å². The number of rotatable bonds is 1. The average Bonchev–Trinajstić information content (AvgIpc) is 2.47. The molecule has 1 aromatic rings. The molecule has 1 aliphatic rings. The summed E-state index contributed by atoms with van der Waals surface area (Å²) >= 11 is 0. The SMILES string of the molecule is Cc1ccc(N2CCNC(C)CC2)cc1C. The highest BCUT2D eigenvalue weighted by atomic mass is 15.2. The van der Waals surface area contributed by atoms with Gasteiger partial charge in [0.1, 0.15) is 0 Å². The quantitative estimate of drug-likeness (QED) is 0.779. The second-order valence-electron chi connectivity index (χ2n) is 4.90. The van der Waals surface area contributed by atoms with Crippen molar-refractivity contribution in [3.05, 3.63) is 29.3 Å². The number of hydrogen-bond acceptors (Lipinski definition) is 2. The molecule has 0 saturated carbocycles. The zero-order valence-electron chi connectivity index (χ0n) is 10.6. The highest BCUT2D eigenvalue weighted by Crippen LogP contribution is 2.19. The molecule has 0 aromatic heterocycles. The number of aryl methyl sites for hydroxylation is 2. The molecule has 2 heteroatoms. The van der Waals surface area contributed by atoms with Gasteiger partial charge >= 0.3 is 0 Å². The van der Waals surface area contributed by atoms with E-state index in [-0.39, 0.29) is 0 Å². The Morgan fingerprint density at radius 3 is 2.75 bits per heavy atom. The summed E-state index contributed by atoms with van der Waals surface area (Å²) < 4.78 is 0. The maximum atomic E-state index is 3.53. The Balaban J connectivity index is 2.13. The fraction of sp³-hybridized carbons (Fsp3) is 0.571. The first-order chi connectivity index (χ1) is 7.66. The molecule has 0 bridgehead atoms. The standard InChI is InChI=1S/C14H22N2/c1-11-4-5-14(10-12(11)2)16-8-6-13(3)15-7-9-16/h4-5,10,13,15H,6-9H2,1-3H3. The van der Waals surface area contributed by atoms with E-state index < -0.39 is 0 Å². The minimum Gasteiger partial charge on any atom is -0.370 e. The summed E-state index contributed by atoms with van der Waals surface area (Å²) in [5.74, 6) is 0. The number of benzene rings is 1. The summed E-state index contributed by atoms with van der Waals surface area (Å²) in [7, 11) is 0. The van der Waals surface area contributed by atoms with Gasteiger partial charge in [-0.25, -0.2) is 0 Å². The Morgan fingerprint density at radius 1 is 1.19 bits per heavy atom. The summed E-state index contributed by atoms with van der Waals surface area (Å²) in [6.45, 7) is 10.0. The summed E-state index contributed by atoms with van der Waals surface area (Å²) in [5, 5.41) is 3.53. The van der Waals surface area contributed by atoms with Crippen LogP contribution in [0.5, 0.6) is 0 Å². The normalized spacial score (nSPS) is 21.9. The van der Waals surface area contributed by atoms with E-state index >= 15 is 0 Å². The third-order valence-corrected chi connectivity index (χ3v) is 3.56. The van der Waals surface area contributed by atoms with Crippen LogP contribution in [0.2, 0.25) is 0 Å². The van der Waals surface area contributed by atoms with E-state index in [1.807, 2.05) is 0 Å². The van der Waals surface area contributed by atoms with Gasteiger partial charge in [-0.15, -0.1) is 0 Å². The highest BCUT2D eigenvalue weighted by Gasteiger charge is 2.13. The van der Waals surface area contributed by atoms with Crippen molar-refractivity contribution in [1.82, 2.24) is 5.32 Å². The molecule has 1 unspecified atom stereocenters. The van der Waals surface area contributed by atoms with Crippen molar-refractivity contribution in [2.45, 2.75) is 33.2 Å². The van der Waals surface area contributed by atoms with Gasteiger partial charge in [-0.2, -0.15) is 0 Å². The average molecular weight is 218 g/mol. The van der Waals surface area contributed by atoms with E-state index in [1.165, 1.54) is 23.2 Å². The first kappa shape index (κ1) is 11.5. The molecule has 88 valence electrons. The third-order valence-electron chi connectivity index (χ3n) is 3.56. The van der Waals surface area contributed by atoms with Crippen molar-refractivity contribution in [1.29, 1.82) is 0 Å². The zero-order chi connectivity index (χ0) is 11.5. The van der Waals surface area contributed by atoms with Crippen molar-refractivity contribution >= 4 is 5.69 Å². The molecule has 1 saturated heterocycles. The maximum Gasteiger partial charge on any atom is 0.0369 e. The topological polar surface area (TPSA) is 15.3 Å². The first-order valence-corrected chi connectivity index (χ1v) is 6.22. The van der Waals surface area contributed by atoms with Gasteiger partial charge in [0.2, 0.25) is 0 Å². The Morgan fingerprint density at radius 2 is 2.00 bits per heavy atom. The molecule has 1 atom stereocenters. The van der Waals surface area contributed by atoms with Crippen molar-refractivity contribution in [2.75, 3.05) is 24.5 Å². The van der Waals surface area contributed by atoms with Crippen LogP contribution in [-0.2, 0) is 0 Å². The van der Waals surface area contributed by atoms with Gasteiger partial charge in [-0.05, 0) is 50.5 Å². The van der Waals surface area contributed by atoms with Gasteiger partial charge in [0, 0.05) is 31.4 Å². The van der Waals surface area contributed by atoms with Crippen LogP contribution in [0.3, 0.4) is 0 Å². The molecule has 2 nitrogen and oxygen atoms in total. The maximum absolute atomic E-state index is 3.53. The highest BCUT2D eigenvalue weighted by molar-refractivity contribution is 5.50. The molecule has 2 rings (SSSR count). The Hall–Kier alpha value is -1.02. The van der Waals surface area contributed by atoms with Crippen LogP contribution in [0.1, 0.15) is 24.5 Å². The van der Waals surface area contributed by atoms with Gasteiger partial charge in [0.25, 0.3) is 0 Å². The van der Waals surface area contributed by atoms with E-state index in [4.69, 9.17) is 0 Å². The van der Waals surface area contributed by atoms with E-state index in [1.54, 1.807) is 0 Å². The minimum absolute atomic E-state index is 0.650. The van der Waals surface area contributed by atoms with Gasteiger partial charge in [-0.3, -0.25) is 0 Å². The van der Waals surface area contributed by atoms with E-state index in [0.717, 1.165) is 19.6 Å². The lowest BCUT2D eigenvalue weighted by molar-refractivity contribution is 0.566. The van der Waals surface area contributed by atoms with Gasteiger partial charge in [0.05, 0.1) is 0 Å². The van der Waals surface area contributed by atoms with Crippen LogP contribution in [0, 0.1) is 13.8 Å². The van der Waals surface area contributed by atoms with Gasteiger partial charge < -0.3 is 10.2 Å². The van der Waals surface area contributed by atoms with Crippen molar-refractivity contribution < 1.29 is 0 Å². The Bertz CT molecular complexity index is 360. The third kappa shape index (κ3) is 2.56. The molecule has 0 spiro atoms. The van der Waals surface area contributed by atoms with Gasteiger partial charge in [0.15, 0.2) is 0 Å². The number of nitrogens with one attached hydrogen (secondary N) is 1. The second kappa shape index (κ2) is 4.88. The van der Waals surface area contributed by atoms with Crippen molar-refractivity contribution in [3.8, 4) is 0 Å². The second-order valence-corrected chi connectivity index (χ2v) is 4.90. The zero-order valence-corrected chi connectivity index (χ0v) is 10.6. The van der Waals surface area contributed by atoms with Gasteiger partial charge in [-0.1, -0.05) is 6.07 Å². The van der Waals surface area contributed by atoms with Crippen LogP contribution in [0.15, 0.2) is 18.2 Å². The molecule has 0 aliphatic carbocycles. The Kier molecular flexibility index (Phi) is 3.49. The molecular weight excluding hydrogens is 196 g/mol. The van der Waals surface area contributed by atoms with Crippen LogP contribution < -0.4 is 10.2 Å². The fourth-order valence-electron chi connectivity index (χ4n) is 2.19. The van der Waals surface area contributed by atoms with Crippen LogP contribution >= 0.6 is 0 Å². The van der Waals surface area contributed by atoms with Crippen LogP contribution in [0.25, 0.3) is 0 Å². The van der Waals surface area contributed by atoms with Crippen LogP contribution in [0.4, 0.5) is 5.69 Å². The lowest BCUT2D eigenvalue weighted by Crippen LogP contribution is -2.29. The lowest BCUT2D eigenvalue weighted by atomic mass is 10.1. The summed E-state index contributed by atoms with van der Waals surface area (Å²) in [5.41, 5.74) is 4.15. The summed E-state index contributed by atoms with van der Waals surface area (Å²) in [6.07, 6.45) is 1.23. The summed E-state index contributed by atoms with van der Waals surface area (Å²) in [4.78, 5) is 2.49. The molecule has 1 aliphatic heterocycles. The first-order valence-electron chi connectivity index (χ1n) is 6.22. The number of nitrogens with zero attached hydrogens (tertiary/aromatic N) is 1. The monoisotopic (exact) mass is 218 g/mol. The number of anilines is 1. The van der Waals surface area contributed by atoms with E-state index in [0.29, 0.717) is 6.04 Å². The molecule has 16 heavy (non-hydrogen) atoms. The fourth-order valence-corrected chi connectivity index (χ4v) is 2.19. The summed E-state index contributed by atoms with van der Waals surface area (Å²) in [6, 6.07) is 7.44. The molecule has 1 N–H and O–H groups in total. The predicted molar refractivity (Wildman–Crippen MR) is 70.2 cm³/mol. The number of hydrogen-bond donors (Lipinski definition) is 1. The molecule has 1 heterocycles. The van der Waals surface area contributed by atoms with Crippen molar-refractivity contribution in [3.63, 3.8) is 0 Å². The van der Waals surface area contributed by atoms with Crippen LogP contribution in [-0.4, -0.2) is 25.7 Å². The molecular formula is C14H22N2. The Labute approximate surface area is 98.7 Å². The predicted octanol–water partition coefficient (Wildman–Crippen LogP) is 2.49. The minimum atomic E-state index is 0.650. The molecule has 1 aromatic carbocycles. The lowest BCUT2D eigenvalue weighted by Gasteiger charge is -2.23.